The molecule has 2 aromatic rings. The summed E-state index contributed by atoms with van der Waals surface area (Å²) in [6.07, 6.45) is 0. The molecule has 0 bridgehead atoms. The van der Waals surface area contributed by atoms with E-state index in [9.17, 15) is 4.39 Å². The lowest BCUT2D eigenvalue weighted by atomic mass is 10.1. The molecule has 0 saturated carbocycles. The highest BCUT2D eigenvalue weighted by atomic mass is 35.5. The van der Waals surface area contributed by atoms with E-state index in [4.69, 9.17) is 16.1 Å². The molecule has 0 fully saturated rings. The second-order valence-electron chi connectivity index (χ2n) is 3.53. The Morgan fingerprint density at radius 1 is 1.44 bits per heavy atom. The van der Waals surface area contributed by atoms with Crippen LogP contribution >= 0.6 is 11.6 Å². The molecule has 1 unspecified atom stereocenters. The van der Waals surface area contributed by atoms with Crippen LogP contribution in [0.1, 0.15) is 23.7 Å². The Kier molecular flexibility index (Phi) is 2.92. The van der Waals surface area contributed by atoms with E-state index in [1.54, 1.807) is 19.9 Å². The standard InChI is InChI=1S/C11H10ClFN2O/c1-6-5-8(13)3-4-9(6)11-14-10(7(2)12)15-16-11/h3-5,7H,1-2H3. The molecule has 0 amide bonds. The molecule has 0 aliphatic carbocycles. The number of aryl methyl sites for hydroxylation is 1. The van der Waals surface area contributed by atoms with E-state index in [0.29, 0.717) is 11.7 Å². The van der Waals surface area contributed by atoms with Gasteiger partial charge in [-0.2, -0.15) is 4.98 Å². The van der Waals surface area contributed by atoms with Crippen molar-refractivity contribution < 1.29 is 8.91 Å². The summed E-state index contributed by atoms with van der Waals surface area (Å²) in [6.45, 7) is 3.54. The van der Waals surface area contributed by atoms with Gasteiger partial charge in [-0.05, 0) is 37.6 Å². The van der Waals surface area contributed by atoms with Crippen molar-refractivity contribution in [2.45, 2.75) is 19.2 Å². The summed E-state index contributed by atoms with van der Waals surface area (Å²) in [7, 11) is 0. The summed E-state index contributed by atoms with van der Waals surface area (Å²) in [4.78, 5) is 4.14. The van der Waals surface area contributed by atoms with Crippen LogP contribution in [0, 0.1) is 12.7 Å². The van der Waals surface area contributed by atoms with Crippen LogP contribution in [0.15, 0.2) is 22.7 Å². The number of rotatable bonds is 2. The van der Waals surface area contributed by atoms with Crippen LogP contribution in [0.5, 0.6) is 0 Å². The predicted molar refractivity (Wildman–Crippen MR) is 58.7 cm³/mol. The molecule has 1 atom stereocenters. The van der Waals surface area contributed by atoms with Gasteiger partial charge in [0.25, 0.3) is 5.89 Å². The van der Waals surface area contributed by atoms with E-state index in [2.05, 4.69) is 10.1 Å². The summed E-state index contributed by atoms with van der Waals surface area (Å²) < 4.78 is 18.0. The Morgan fingerprint density at radius 3 is 2.75 bits per heavy atom. The van der Waals surface area contributed by atoms with Gasteiger partial charge in [0.05, 0.1) is 5.38 Å². The molecule has 3 nitrogen and oxygen atoms in total. The summed E-state index contributed by atoms with van der Waals surface area (Å²) in [5, 5.41) is 3.44. The summed E-state index contributed by atoms with van der Waals surface area (Å²) in [6, 6.07) is 4.39. The van der Waals surface area contributed by atoms with Crippen LogP contribution in [0.25, 0.3) is 11.5 Å². The number of hydrogen-bond acceptors (Lipinski definition) is 3. The first-order valence-corrected chi connectivity index (χ1v) is 5.26. The maximum atomic E-state index is 12.9. The zero-order valence-corrected chi connectivity index (χ0v) is 9.62. The van der Waals surface area contributed by atoms with Gasteiger partial charge in [0.1, 0.15) is 5.82 Å². The fraction of sp³-hybridized carbons (Fsp3) is 0.273. The van der Waals surface area contributed by atoms with Crippen LogP contribution in [-0.4, -0.2) is 10.1 Å². The highest BCUT2D eigenvalue weighted by Crippen LogP contribution is 2.24. The molecule has 0 spiro atoms. The van der Waals surface area contributed by atoms with Crippen molar-refractivity contribution >= 4 is 11.6 Å². The Morgan fingerprint density at radius 2 is 2.19 bits per heavy atom. The first-order chi connectivity index (χ1) is 7.58. The number of halogens is 2. The highest BCUT2D eigenvalue weighted by Gasteiger charge is 2.14. The van der Waals surface area contributed by atoms with E-state index in [-0.39, 0.29) is 11.2 Å². The minimum atomic E-state index is -0.307. The molecule has 0 N–H and O–H groups in total. The maximum Gasteiger partial charge on any atom is 0.258 e. The lowest BCUT2D eigenvalue weighted by Crippen LogP contribution is -1.88. The van der Waals surface area contributed by atoms with E-state index in [1.165, 1.54) is 12.1 Å². The predicted octanol–water partition coefficient (Wildman–Crippen LogP) is 3.48. The fourth-order valence-corrected chi connectivity index (χ4v) is 1.46. The maximum absolute atomic E-state index is 12.9. The molecule has 1 aromatic heterocycles. The molecule has 0 aliphatic heterocycles. The normalized spacial score (nSPS) is 12.8. The molecule has 16 heavy (non-hydrogen) atoms. The average Bonchev–Trinajstić information content (AvgIpc) is 2.66. The minimum absolute atomic E-state index is 0.285. The van der Waals surface area contributed by atoms with Crippen LogP contribution in [0.4, 0.5) is 4.39 Å². The third-order valence-corrected chi connectivity index (χ3v) is 2.41. The van der Waals surface area contributed by atoms with Gasteiger partial charge in [-0.1, -0.05) is 5.16 Å². The zero-order chi connectivity index (χ0) is 11.7. The molecule has 0 radical (unpaired) electrons. The lowest BCUT2D eigenvalue weighted by Gasteiger charge is -1.99. The quantitative estimate of drug-likeness (QED) is 0.755. The van der Waals surface area contributed by atoms with Gasteiger partial charge in [-0.15, -0.1) is 11.6 Å². The van der Waals surface area contributed by atoms with Crippen LogP contribution in [0.2, 0.25) is 0 Å². The molecule has 2 rings (SSSR count). The van der Waals surface area contributed by atoms with Crippen molar-refractivity contribution in [3.05, 3.63) is 35.4 Å². The van der Waals surface area contributed by atoms with Gasteiger partial charge in [0, 0.05) is 5.56 Å². The summed E-state index contributed by atoms with van der Waals surface area (Å²) in [5.41, 5.74) is 1.47. The van der Waals surface area contributed by atoms with Gasteiger partial charge < -0.3 is 4.52 Å². The second-order valence-corrected chi connectivity index (χ2v) is 4.19. The van der Waals surface area contributed by atoms with Crippen LogP contribution < -0.4 is 0 Å². The van der Waals surface area contributed by atoms with E-state index in [0.717, 1.165) is 11.1 Å². The minimum Gasteiger partial charge on any atom is -0.334 e. The Labute approximate surface area is 97.2 Å². The van der Waals surface area contributed by atoms with Crippen molar-refractivity contribution in [1.82, 2.24) is 10.1 Å². The number of aromatic nitrogens is 2. The number of benzene rings is 1. The number of nitrogens with zero attached hydrogens (tertiary/aromatic N) is 2. The number of alkyl halides is 1. The monoisotopic (exact) mass is 240 g/mol. The highest BCUT2D eigenvalue weighted by molar-refractivity contribution is 6.20. The molecule has 1 heterocycles. The summed E-state index contributed by atoms with van der Waals surface area (Å²) in [5.74, 6) is 0.507. The lowest BCUT2D eigenvalue weighted by molar-refractivity contribution is 0.422. The van der Waals surface area contributed by atoms with Crippen LogP contribution in [0.3, 0.4) is 0 Å². The van der Waals surface area contributed by atoms with Crippen molar-refractivity contribution in [3.63, 3.8) is 0 Å². The van der Waals surface area contributed by atoms with Gasteiger partial charge >= 0.3 is 0 Å². The van der Waals surface area contributed by atoms with E-state index in [1.807, 2.05) is 0 Å². The largest absolute Gasteiger partial charge is 0.334 e. The number of hydrogen-bond donors (Lipinski definition) is 0. The molecule has 5 heteroatoms. The van der Waals surface area contributed by atoms with Gasteiger partial charge in [-0.25, -0.2) is 4.39 Å². The zero-order valence-electron chi connectivity index (χ0n) is 8.87. The molecule has 0 aliphatic rings. The Bertz CT molecular complexity index is 510. The van der Waals surface area contributed by atoms with Crippen LogP contribution in [-0.2, 0) is 0 Å². The van der Waals surface area contributed by atoms with E-state index < -0.39 is 0 Å². The molecule has 84 valence electrons. The topological polar surface area (TPSA) is 38.9 Å². The van der Waals surface area contributed by atoms with Crippen molar-refractivity contribution in [2.24, 2.45) is 0 Å². The van der Waals surface area contributed by atoms with E-state index >= 15 is 0 Å². The third kappa shape index (κ3) is 2.07. The van der Waals surface area contributed by atoms with Crippen molar-refractivity contribution in [3.8, 4) is 11.5 Å². The average molecular weight is 241 g/mol. The Balaban J connectivity index is 2.42. The Hall–Kier alpha value is -1.42. The van der Waals surface area contributed by atoms with Crippen molar-refractivity contribution in [1.29, 1.82) is 0 Å². The van der Waals surface area contributed by atoms with Gasteiger partial charge in [0.15, 0.2) is 5.82 Å². The first kappa shape index (κ1) is 11.1. The first-order valence-electron chi connectivity index (χ1n) is 4.82. The molecule has 1 aromatic carbocycles. The second kappa shape index (κ2) is 4.22. The molecular formula is C11H10ClFN2O. The SMILES string of the molecule is Cc1cc(F)ccc1-c1nc(C(C)Cl)no1. The van der Waals surface area contributed by atoms with Gasteiger partial charge in [-0.3, -0.25) is 0 Å². The fourth-order valence-electron chi connectivity index (χ4n) is 1.37. The van der Waals surface area contributed by atoms with Crippen molar-refractivity contribution in [2.75, 3.05) is 0 Å². The smallest absolute Gasteiger partial charge is 0.258 e. The molecular weight excluding hydrogens is 231 g/mol. The molecule has 0 saturated heterocycles. The van der Waals surface area contributed by atoms with Gasteiger partial charge in [0.2, 0.25) is 0 Å². The summed E-state index contributed by atoms with van der Waals surface area (Å²) >= 11 is 5.82. The third-order valence-electron chi connectivity index (χ3n) is 2.22.